The molecule has 2 atom stereocenters. The minimum atomic E-state index is -3.44. The lowest BCUT2D eigenvalue weighted by Crippen LogP contribution is -2.47. The van der Waals surface area contributed by atoms with Crippen LogP contribution in [0.2, 0.25) is 0 Å². The van der Waals surface area contributed by atoms with Crippen molar-refractivity contribution in [3.63, 3.8) is 0 Å². The van der Waals surface area contributed by atoms with E-state index in [1.54, 1.807) is 12.1 Å². The van der Waals surface area contributed by atoms with Crippen LogP contribution in [0.5, 0.6) is 0 Å². The Morgan fingerprint density at radius 3 is 2.48 bits per heavy atom. The summed E-state index contributed by atoms with van der Waals surface area (Å²) in [7, 11) is -3.44. The second-order valence-electron chi connectivity index (χ2n) is 7.11. The van der Waals surface area contributed by atoms with Gasteiger partial charge < -0.3 is 5.32 Å². The van der Waals surface area contributed by atoms with E-state index >= 15 is 0 Å². The third-order valence-electron chi connectivity index (χ3n) is 5.41. The lowest BCUT2D eigenvalue weighted by atomic mass is 9.85. The molecule has 3 rings (SSSR count). The van der Waals surface area contributed by atoms with Crippen LogP contribution >= 0.6 is 27.3 Å². The van der Waals surface area contributed by atoms with Crippen molar-refractivity contribution in [2.45, 2.75) is 55.7 Å². The lowest BCUT2D eigenvalue weighted by Gasteiger charge is -2.33. The highest BCUT2D eigenvalue weighted by atomic mass is 79.9. The molecule has 1 aliphatic carbocycles. The topological polar surface area (TPSA) is 66.5 Å². The van der Waals surface area contributed by atoms with Gasteiger partial charge in [0.05, 0.1) is 3.79 Å². The molecule has 140 valence electrons. The smallest absolute Gasteiger partial charge is 0.252 e. The van der Waals surface area contributed by atoms with Gasteiger partial charge in [-0.1, -0.05) is 19.8 Å². The molecule has 0 unspecified atom stereocenters. The lowest BCUT2D eigenvalue weighted by molar-refractivity contribution is -0.127. The van der Waals surface area contributed by atoms with E-state index in [-0.39, 0.29) is 17.9 Å². The Bertz CT molecular complexity index is 711. The van der Waals surface area contributed by atoms with Crippen molar-refractivity contribution in [3.05, 3.63) is 15.9 Å². The van der Waals surface area contributed by atoms with Crippen LogP contribution in [0, 0.1) is 11.8 Å². The summed E-state index contributed by atoms with van der Waals surface area (Å²) in [6.07, 6.45) is 5.87. The maximum absolute atomic E-state index is 12.7. The van der Waals surface area contributed by atoms with Crippen LogP contribution in [-0.2, 0) is 14.8 Å². The van der Waals surface area contributed by atoms with Crippen LogP contribution in [0.25, 0.3) is 0 Å². The highest BCUT2D eigenvalue weighted by Crippen LogP contribution is 2.31. The van der Waals surface area contributed by atoms with Crippen LogP contribution in [0.15, 0.2) is 20.1 Å². The van der Waals surface area contributed by atoms with E-state index < -0.39 is 10.0 Å². The number of nitrogens with zero attached hydrogens (tertiary/aromatic N) is 1. The molecule has 2 heterocycles. The molecule has 1 saturated heterocycles. The van der Waals surface area contributed by atoms with Crippen molar-refractivity contribution in [3.8, 4) is 0 Å². The van der Waals surface area contributed by atoms with Gasteiger partial charge in [0.2, 0.25) is 5.91 Å². The predicted octanol–water partition coefficient (Wildman–Crippen LogP) is 3.61. The summed E-state index contributed by atoms with van der Waals surface area (Å²) in [6, 6.07) is 3.67. The fraction of sp³-hybridized carbons (Fsp3) is 0.706. The maximum atomic E-state index is 12.7. The number of thiophene rings is 1. The number of hydrogen-bond donors (Lipinski definition) is 1. The highest BCUT2D eigenvalue weighted by molar-refractivity contribution is 9.11. The fourth-order valence-electron chi connectivity index (χ4n) is 3.75. The number of carbonyl (C=O) groups is 1. The largest absolute Gasteiger partial charge is 0.353 e. The maximum Gasteiger partial charge on any atom is 0.252 e. The Balaban J connectivity index is 1.55. The molecule has 1 saturated carbocycles. The standard InChI is InChI=1S/C17H25BrN2O3S2/c1-12-4-2-3-5-14(12)19-17(21)13-8-10-20(11-9-13)25(22,23)16-7-6-15(18)24-16/h6-7,12-14H,2-5,8-11H2,1H3,(H,19,21)/t12-,14-/m0/s1. The number of rotatable bonds is 4. The number of hydrogen-bond acceptors (Lipinski definition) is 4. The Kier molecular flexibility index (Phi) is 6.23. The third-order valence-corrected chi connectivity index (χ3v) is 9.40. The second-order valence-corrected chi connectivity index (χ2v) is 11.7. The summed E-state index contributed by atoms with van der Waals surface area (Å²) in [5.41, 5.74) is 0. The third kappa shape index (κ3) is 4.46. The zero-order valence-corrected chi connectivity index (χ0v) is 17.6. The first kappa shape index (κ1) is 19.3. The van der Waals surface area contributed by atoms with Gasteiger partial charge in [-0.2, -0.15) is 4.31 Å². The number of sulfonamides is 1. The molecule has 1 N–H and O–H groups in total. The Morgan fingerprint density at radius 2 is 1.88 bits per heavy atom. The van der Waals surface area contributed by atoms with E-state index in [1.165, 1.54) is 34.9 Å². The first-order valence-electron chi connectivity index (χ1n) is 8.94. The number of amides is 1. The monoisotopic (exact) mass is 448 g/mol. The van der Waals surface area contributed by atoms with E-state index in [4.69, 9.17) is 0 Å². The average molecular weight is 449 g/mol. The summed E-state index contributed by atoms with van der Waals surface area (Å²) in [5, 5.41) is 3.22. The Morgan fingerprint density at radius 1 is 1.20 bits per heavy atom. The van der Waals surface area contributed by atoms with Gasteiger partial charge in [-0.05, 0) is 59.7 Å². The molecule has 1 amide bonds. The van der Waals surface area contributed by atoms with Crippen LogP contribution in [-0.4, -0.2) is 37.8 Å². The van der Waals surface area contributed by atoms with Crippen LogP contribution in [0.3, 0.4) is 0 Å². The molecular weight excluding hydrogens is 424 g/mol. The van der Waals surface area contributed by atoms with Crippen molar-refractivity contribution < 1.29 is 13.2 Å². The van der Waals surface area contributed by atoms with Gasteiger partial charge in [0.15, 0.2) is 0 Å². The summed E-state index contributed by atoms with van der Waals surface area (Å²) < 4.78 is 28.0. The predicted molar refractivity (Wildman–Crippen MR) is 103 cm³/mol. The number of carbonyl (C=O) groups excluding carboxylic acids is 1. The van der Waals surface area contributed by atoms with Gasteiger partial charge in [-0.25, -0.2) is 8.42 Å². The number of halogens is 1. The molecule has 0 radical (unpaired) electrons. The van der Waals surface area contributed by atoms with Crippen molar-refractivity contribution in [1.29, 1.82) is 0 Å². The number of piperidine rings is 1. The molecule has 0 spiro atoms. The van der Waals surface area contributed by atoms with Crippen molar-refractivity contribution in [2.24, 2.45) is 11.8 Å². The minimum absolute atomic E-state index is 0.0735. The van der Waals surface area contributed by atoms with Crippen LogP contribution in [0.4, 0.5) is 0 Å². The van der Waals surface area contributed by atoms with Crippen molar-refractivity contribution in [2.75, 3.05) is 13.1 Å². The van der Waals surface area contributed by atoms with E-state index in [1.807, 2.05) is 0 Å². The number of nitrogens with one attached hydrogen (secondary N) is 1. The zero-order chi connectivity index (χ0) is 18.0. The molecule has 0 bridgehead atoms. The van der Waals surface area contributed by atoms with Crippen LogP contribution in [0.1, 0.15) is 45.4 Å². The van der Waals surface area contributed by atoms with E-state index in [0.717, 1.165) is 10.2 Å². The van der Waals surface area contributed by atoms with Gasteiger partial charge in [-0.15, -0.1) is 11.3 Å². The summed E-state index contributed by atoms with van der Waals surface area (Å²) >= 11 is 4.54. The van der Waals surface area contributed by atoms with Gasteiger partial charge in [0.1, 0.15) is 4.21 Å². The van der Waals surface area contributed by atoms with Crippen molar-refractivity contribution in [1.82, 2.24) is 9.62 Å². The zero-order valence-electron chi connectivity index (χ0n) is 14.4. The first-order chi connectivity index (χ1) is 11.9. The summed E-state index contributed by atoms with van der Waals surface area (Å²) in [5.74, 6) is 0.570. The second kappa shape index (κ2) is 8.06. The molecular formula is C17H25BrN2O3S2. The molecule has 1 aromatic rings. The molecule has 2 fully saturated rings. The fourth-order valence-corrected chi connectivity index (χ4v) is 7.39. The molecule has 5 nitrogen and oxygen atoms in total. The van der Waals surface area contributed by atoms with E-state index in [0.29, 0.717) is 36.1 Å². The van der Waals surface area contributed by atoms with Crippen LogP contribution < -0.4 is 5.32 Å². The molecule has 25 heavy (non-hydrogen) atoms. The highest BCUT2D eigenvalue weighted by Gasteiger charge is 2.34. The van der Waals surface area contributed by atoms with E-state index in [9.17, 15) is 13.2 Å². The quantitative estimate of drug-likeness (QED) is 0.764. The van der Waals surface area contributed by atoms with Gasteiger partial charge in [0.25, 0.3) is 10.0 Å². The SMILES string of the molecule is C[C@H]1CCCC[C@@H]1NC(=O)C1CCN(S(=O)(=O)c2ccc(Br)s2)CC1. The molecule has 0 aromatic carbocycles. The normalized spacial score (nSPS) is 26.5. The molecule has 8 heteroatoms. The Labute approximate surface area is 162 Å². The van der Waals surface area contributed by atoms with Crippen molar-refractivity contribution >= 4 is 43.2 Å². The minimum Gasteiger partial charge on any atom is -0.353 e. The molecule has 2 aliphatic rings. The average Bonchev–Trinajstić information content (AvgIpc) is 3.04. The summed E-state index contributed by atoms with van der Waals surface area (Å²) in [4.78, 5) is 12.6. The van der Waals surface area contributed by atoms with E-state index in [2.05, 4.69) is 28.2 Å². The Hall–Kier alpha value is -0.440. The van der Waals surface area contributed by atoms with Gasteiger partial charge in [0, 0.05) is 25.0 Å². The van der Waals surface area contributed by atoms with Gasteiger partial charge in [-0.3, -0.25) is 4.79 Å². The molecule has 1 aliphatic heterocycles. The molecule has 1 aromatic heterocycles. The first-order valence-corrected chi connectivity index (χ1v) is 12.0. The van der Waals surface area contributed by atoms with Gasteiger partial charge >= 0.3 is 0 Å². The summed E-state index contributed by atoms with van der Waals surface area (Å²) in [6.45, 7) is 3.03.